The minimum Gasteiger partial charge on any atom is -0.313 e. The summed E-state index contributed by atoms with van der Waals surface area (Å²) in [5, 5.41) is 3.44. The van der Waals surface area contributed by atoms with Crippen molar-refractivity contribution in [2.75, 3.05) is 40.8 Å². The lowest BCUT2D eigenvalue weighted by Gasteiger charge is -2.31. The Labute approximate surface area is 138 Å². The highest BCUT2D eigenvalue weighted by atomic mass is 79.9. The summed E-state index contributed by atoms with van der Waals surface area (Å²) in [4.78, 5) is 4.82. The van der Waals surface area contributed by atoms with Crippen LogP contribution >= 0.6 is 15.9 Å². The van der Waals surface area contributed by atoms with Gasteiger partial charge in [-0.3, -0.25) is 4.90 Å². The fourth-order valence-electron chi connectivity index (χ4n) is 2.80. The van der Waals surface area contributed by atoms with Crippen molar-refractivity contribution < 1.29 is 0 Å². The molecule has 0 aliphatic heterocycles. The van der Waals surface area contributed by atoms with Crippen molar-refractivity contribution in [1.82, 2.24) is 15.1 Å². The van der Waals surface area contributed by atoms with Crippen LogP contribution in [0.1, 0.15) is 31.9 Å². The van der Waals surface area contributed by atoms with E-state index in [1.54, 1.807) is 0 Å². The molecule has 120 valence electrons. The minimum absolute atomic E-state index is 0.415. The second-order valence-electron chi connectivity index (χ2n) is 5.92. The van der Waals surface area contributed by atoms with Crippen LogP contribution in [0.4, 0.5) is 0 Å². The summed E-state index contributed by atoms with van der Waals surface area (Å²) in [5.74, 6) is 0. The summed E-state index contributed by atoms with van der Waals surface area (Å²) >= 11 is 3.50. The van der Waals surface area contributed by atoms with Gasteiger partial charge >= 0.3 is 0 Å². The highest BCUT2D eigenvalue weighted by Gasteiger charge is 2.16. The van der Waals surface area contributed by atoms with Crippen LogP contribution in [0.5, 0.6) is 0 Å². The van der Waals surface area contributed by atoms with Crippen molar-refractivity contribution in [3.63, 3.8) is 0 Å². The van der Waals surface area contributed by atoms with Crippen molar-refractivity contribution in [2.24, 2.45) is 0 Å². The van der Waals surface area contributed by atoms with Crippen molar-refractivity contribution in [3.8, 4) is 0 Å². The van der Waals surface area contributed by atoms with Crippen LogP contribution in [0.2, 0.25) is 0 Å². The van der Waals surface area contributed by atoms with Gasteiger partial charge in [0.25, 0.3) is 0 Å². The zero-order valence-electron chi connectivity index (χ0n) is 14.1. The van der Waals surface area contributed by atoms with E-state index < -0.39 is 0 Å². The lowest BCUT2D eigenvalue weighted by molar-refractivity contribution is 0.174. The Morgan fingerprint density at radius 3 is 2.29 bits per heavy atom. The van der Waals surface area contributed by atoms with E-state index in [0.717, 1.165) is 30.5 Å². The Hall–Kier alpha value is -0.420. The zero-order valence-corrected chi connectivity index (χ0v) is 15.7. The Morgan fingerprint density at radius 2 is 1.81 bits per heavy atom. The van der Waals surface area contributed by atoms with Gasteiger partial charge in [-0.2, -0.15) is 0 Å². The molecule has 0 aliphatic rings. The first-order valence-corrected chi connectivity index (χ1v) is 8.58. The van der Waals surface area contributed by atoms with Gasteiger partial charge in [0.1, 0.15) is 0 Å². The second-order valence-corrected chi connectivity index (χ2v) is 6.84. The molecule has 0 aromatic heterocycles. The normalized spacial score (nSPS) is 14.7. The van der Waals surface area contributed by atoms with Gasteiger partial charge in [0, 0.05) is 29.6 Å². The van der Waals surface area contributed by atoms with Crippen LogP contribution in [0.15, 0.2) is 28.7 Å². The molecule has 0 fully saturated rings. The Kier molecular flexibility index (Phi) is 8.49. The van der Waals surface area contributed by atoms with E-state index in [1.807, 2.05) is 7.05 Å². The highest BCUT2D eigenvalue weighted by Crippen LogP contribution is 2.20. The summed E-state index contributed by atoms with van der Waals surface area (Å²) in [6, 6.07) is 9.64. The predicted molar refractivity (Wildman–Crippen MR) is 95.8 cm³/mol. The van der Waals surface area contributed by atoms with Gasteiger partial charge < -0.3 is 10.2 Å². The maximum Gasteiger partial charge on any atom is 0.0329 e. The molecule has 0 radical (unpaired) electrons. The smallest absolute Gasteiger partial charge is 0.0329 e. The van der Waals surface area contributed by atoms with Crippen LogP contribution in [-0.2, 0) is 0 Å². The molecular formula is C17H30BrN3. The van der Waals surface area contributed by atoms with Crippen LogP contribution in [0.25, 0.3) is 0 Å². The predicted octanol–water partition coefficient (Wildman–Crippen LogP) is 3.37. The topological polar surface area (TPSA) is 18.5 Å². The van der Waals surface area contributed by atoms with E-state index in [1.165, 1.54) is 5.56 Å². The summed E-state index contributed by atoms with van der Waals surface area (Å²) in [6.07, 6.45) is 1.13. The van der Waals surface area contributed by atoms with Crippen molar-refractivity contribution in [1.29, 1.82) is 0 Å². The van der Waals surface area contributed by atoms with Crippen LogP contribution in [-0.4, -0.2) is 56.6 Å². The summed E-state index contributed by atoms with van der Waals surface area (Å²) in [5.41, 5.74) is 1.36. The van der Waals surface area contributed by atoms with E-state index in [-0.39, 0.29) is 0 Å². The molecule has 3 nitrogen and oxygen atoms in total. The SMILES string of the molecule is CCN(CCC(NC)c1ccc(Br)cc1)C(C)CN(C)C. The average molecular weight is 356 g/mol. The van der Waals surface area contributed by atoms with Crippen LogP contribution in [0, 0.1) is 0 Å². The molecule has 0 aliphatic carbocycles. The molecule has 1 aromatic rings. The van der Waals surface area contributed by atoms with Gasteiger partial charge in [-0.25, -0.2) is 0 Å². The molecule has 0 bridgehead atoms. The van der Waals surface area contributed by atoms with Gasteiger partial charge in [-0.05, 0) is 58.7 Å². The van der Waals surface area contributed by atoms with E-state index in [9.17, 15) is 0 Å². The molecule has 4 heteroatoms. The molecular weight excluding hydrogens is 326 g/mol. The summed E-state index contributed by atoms with van der Waals surface area (Å²) in [7, 11) is 6.33. The zero-order chi connectivity index (χ0) is 15.8. The first kappa shape index (κ1) is 18.6. The Morgan fingerprint density at radius 1 is 1.19 bits per heavy atom. The van der Waals surface area contributed by atoms with Gasteiger partial charge in [0.2, 0.25) is 0 Å². The molecule has 0 heterocycles. The van der Waals surface area contributed by atoms with Crippen LogP contribution < -0.4 is 5.32 Å². The lowest BCUT2D eigenvalue weighted by atomic mass is 10.0. The summed E-state index contributed by atoms with van der Waals surface area (Å²) in [6.45, 7) is 7.90. The van der Waals surface area contributed by atoms with Crippen molar-refractivity contribution in [2.45, 2.75) is 32.4 Å². The molecule has 2 unspecified atom stereocenters. The Balaban J connectivity index is 2.58. The average Bonchev–Trinajstić information content (AvgIpc) is 2.44. The first-order chi connectivity index (χ1) is 9.97. The van der Waals surface area contributed by atoms with Crippen molar-refractivity contribution in [3.05, 3.63) is 34.3 Å². The molecule has 21 heavy (non-hydrogen) atoms. The number of halogens is 1. The van der Waals surface area contributed by atoms with Gasteiger partial charge in [-0.15, -0.1) is 0 Å². The first-order valence-electron chi connectivity index (χ1n) is 7.79. The van der Waals surface area contributed by atoms with Crippen LogP contribution in [0.3, 0.4) is 0 Å². The highest BCUT2D eigenvalue weighted by molar-refractivity contribution is 9.10. The van der Waals surface area contributed by atoms with E-state index in [4.69, 9.17) is 0 Å². The second kappa shape index (κ2) is 9.57. The van der Waals surface area contributed by atoms with E-state index in [0.29, 0.717) is 12.1 Å². The van der Waals surface area contributed by atoms with E-state index in [2.05, 4.69) is 83.3 Å². The third-order valence-electron chi connectivity index (χ3n) is 3.98. The fourth-order valence-corrected chi connectivity index (χ4v) is 3.07. The third kappa shape index (κ3) is 6.47. The largest absolute Gasteiger partial charge is 0.313 e. The fraction of sp³-hybridized carbons (Fsp3) is 0.647. The number of hydrogen-bond acceptors (Lipinski definition) is 3. The molecule has 1 aromatic carbocycles. The molecule has 0 spiro atoms. The number of nitrogens with zero attached hydrogens (tertiary/aromatic N) is 2. The third-order valence-corrected chi connectivity index (χ3v) is 4.51. The molecule has 0 amide bonds. The number of nitrogens with one attached hydrogen (secondary N) is 1. The molecule has 1 N–H and O–H groups in total. The minimum atomic E-state index is 0.415. The number of hydrogen-bond donors (Lipinski definition) is 1. The van der Waals surface area contributed by atoms with Crippen molar-refractivity contribution >= 4 is 15.9 Å². The standard InChI is InChI=1S/C17H30BrN3/c1-6-21(14(2)13-20(4)5)12-11-17(19-3)15-7-9-16(18)10-8-15/h7-10,14,17,19H,6,11-13H2,1-5H3. The summed E-state index contributed by atoms with van der Waals surface area (Å²) < 4.78 is 1.14. The number of rotatable bonds is 9. The molecule has 1 rings (SSSR count). The van der Waals surface area contributed by atoms with Gasteiger partial charge in [-0.1, -0.05) is 35.0 Å². The molecule has 0 saturated carbocycles. The number of benzene rings is 1. The molecule has 0 saturated heterocycles. The maximum absolute atomic E-state index is 3.50. The quantitative estimate of drug-likeness (QED) is 0.732. The maximum atomic E-state index is 3.50. The Bertz CT molecular complexity index is 392. The monoisotopic (exact) mass is 355 g/mol. The van der Waals surface area contributed by atoms with Gasteiger partial charge in [0.15, 0.2) is 0 Å². The van der Waals surface area contributed by atoms with Gasteiger partial charge in [0.05, 0.1) is 0 Å². The molecule has 2 atom stereocenters. The number of likely N-dealkylation sites (N-methyl/N-ethyl adjacent to an activating group) is 2. The van der Waals surface area contributed by atoms with E-state index >= 15 is 0 Å². The lowest BCUT2D eigenvalue weighted by Crippen LogP contribution is -2.41.